The van der Waals surface area contributed by atoms with Gasteiger partial charge in [-0.3, -0.25) is 4.98 Å². The summed E-state index contributed by atoms with van der Waals surface area (Å²) in [6, 6.07) is 10.8. The maximum absolute atomic E-state index is 5.23. The van der Waals surface area contributed by atoms with Crippen LogP contribution in [0.25, 0.3) is 10.9 Å². The molecule has 3 heteroatoms. The Hall–Kier alpha value is -1.45. The Morgan fingerprint density at radius 3 is 2.83 bits per heavy atom. The van der Waals surface area contributed by atoms with Crippen molar-refractivity contribution in [2.45, 2.75) is 19.4 Å². The summed E-state index contributed by atoms with van der Waals surface area (Å²) >= 11 is 0. The average molecular weight is 244 g/mol. The molecule has 0 saturated carbocycles. The van der Waals surface area contributed by atoms with Crippen LogP contribution < -0.4 is 5.32 Å². The topological polar surface area (TPSA) is 34.1 Å². The molecule has 1 aromatic heterocycles. The van der Waals surface area contributed by atoms with E-state index in [4.69, 9.17) is 4.74 Å². The second kappa shape index (κ2) is 5.94. The Morgan fingerprint density at radius 2 is 2.11 bits per heavy atom. The number of hydrogen-bond donors (Lipinski definition) is 1. The molecular formula is C15H20N2O. The maximum atomic E-state index is 5.23. The molecule has 1 aromatic carbocycles. The van der Waals surface area contributed by atoms with Crippen LogP contribution in [0.1, 0.15) is 11.3 Å². The minimum atomic E-state index is 0.334. The number of benzene rings is 1. The Kier molecular flexibility index (Phi) is 4.28. The number of methoxy groups -OCH3 is 1. The second-order valence-electron chi connectivity index (χ2n) is 4.58. The number of nitrogens with one attached hydrogen (secondary N) is 1. The van der Waals surface area contributed by atoms with Gasteiger partial charge in [0.15, 0.2) is 0 Å². The molecule has 96 valence electrons. The minimum absolute atomic E-state index is 0.334. The van der Waals surface area contributed by atoms with Crippen LogP contribution in [0.5, 0.6) is 0 Å². The summed E-state index contributed by atoms with van der Waals surface area (Å²) < 4.78 is 5.23. The van der Waals surface area contributed by atoms with E-state index in [1.54, 1.807) is 7.11 Å². The molecule has 1 heterocycles. The third-order valence-corrected chi connectivity index (χ3v) is 3.17. The van der Waals surface area contributed by atoms with E-state index in [0.29, 0.717) is 12.6 Å². The zero-order valence-electron chi connectivity index (χ0n) is 11.2. The lowest BCUT2D eigenvalue weighted by Gasteiger charge is -2.16. The lowest BCUT2D eigenvalue weighted by Crippen LogP contribution is -2.32. The fraction of sp³-hybridized carbons (Fsp3) is 0.400. The normalized spacial score (nSPS) is 12.8. The lowest BCUT2D eigenvalue weighted by molar-refractivity contribution is 0.169. The van der Waals surface area contributed by atoms with Crippen molar-refractivity contribution in [2.24, 2.45) is 0 Å². The van der Waals surface area contributed by atoms with Crippen LogP contribution in [-0.2, 0) is 11.2 Å². The van der Waals surface area contributed by atoms with Crippen molar-refractivity contribution >= 4 is 10.9 Å². The molecule has 1 N–H and O–H groups in total. The second-order valence-corrected chi connectivity index (χ2v) is 4.58. The molecule has 18 heavy (non-hydrogen) atoms. The molecule has 0 aliphatic rings. The van der Waals surface area contributed by atoms with Crippen molar-refractivity contribution in [3.05, 3.63) is 41.6 Å². The highest BCUT2D eigenvalue weighted by Crippen LogP contribution is 2.19. The molecule has 2 rings (SSSR count). The van der Waals surface area contributed by atoms with Crippen molar-refractivity contribution in [3.63, 3.8) is 0 Å². The van der Waals surface area contributed by atoms with E-state index in [1.165, 1.54) is 10.9 Å². The number of nitrogens with zero attached hydrogens (tertiary/aromatic N) is 1. The van der Waals surface area contributed by atoms with Crippen LogP contribution >= 0.6 is 0 Å². The number of aromatic nitrogens is 1. The molecule has 0 radical (unpaired) electrons. The quantitative estimate of drug-likeness (QED) is 0.876. The van der Waals surface area contributed by atoms with Crippen molar-refractivity contribution < 1.29 is 4.74 Å². The Labute approximate surface area is 108 Å². The third-order valence-electron chi connectivity index (χ3n) is 3.17. The number of fused-ring (bicyclic) bond motifs is 1. The zero-order valence-corrected chi connectivity index (χ0v) is 11.2. The van der Waals surface area contributed by atoms with Crippen LogP contribution in [0, 0.1) is 6.92 Å². The van der Waals surface area contributed by atoms with Gasteiger partial charge in [-0.25, -0.2) is 0 Å². The molecule has 0 bridgehead atoms. The first kappa shape index (κ1) is 13.0. The fourth-order valence-electron chi connectivity index (χ4n) is 2.27. The SMILES string of the molecule is CNC(COC)Cc1cc(C)nc2ccccc12. The minimum Gasteiger partial charge on any atom is -0.383 e. The largest absolute Gasteiger partial charge is 0.383 e. The monoisotopic (exact) mass is 244 g/mol. The van der Waals surface area contributed by atoms with Crippen LogP contribution in [0.4, 0.5) is 0 Å². The number of ether oxygens (including phenoxy) is 1. The van der Waals surface area contributed by atoms with Gasteiger partial charge in [-0.15, -0.1) is 0 Å². The molecule has 0 saturated heterocycles. The summed E-state index contributed by atoms with van der Waals surface area (Å²) in [5.41, 5.74) is 3.46. The summed E-state index contributed by atoms with van der Waals surface area (Å²) in [7, 11) is 3.71. The van der Waals surface area contributed by atoms with Gasteiger partial charge in [-0.2, -0.15) is 0 Å². The highest BCUT2D eigenvalue weighted by atomic mass is 16.5. The Morgan fingerprint density at radius 1 is 1.33 bits per heavy atom. The highest BCUT2D eigenvalue weighted by molar-refractivity contribution is 5.82. The van der Waals surface area contributed by atoms with Gasteiger partial charge in [-0.05, 0) is 38.1 Å². The van der Waals surface area contributed by atoms with Gasteiger partial charge in [0.05, 0.1) is 12.1 Å². The van der Waals surface area contributed by atoms with Crippen LogP contribution in [0.2, 0.25) is 0 Å². The van der Waals surface area contributed by atoms with Gasteiger partial charge < -0.3 is 10.1 Å². The number of hydrogen-bond acceptors (Lipinski definition) is 3. The van der Waals surface area contributed by atoms with E-state index in [-0.39, 0.29) is 0 Å². The van der Waals surface area contributed by atoms with E-state index in [2.05, 4.69) is 34.6 Å². The molecule has 0 fully saturated rings. The summed E-state index contributed by atoms with van der Waals surface area (Å²) in [6.45, 7) is 2.76. The predicted octanol–water partition coefficient (Wildman–Crippen LogP) is 2.32. The number of aryl methyl sites for hydroxylation is 1. The number of pyridine rings is 1. The van der Waals surface area contributed by atoms with Gasteiger partial charge in [0.25, 0.3) is 0 Å². The Balaban J connectivity index is 2.37. The molecule has 0 spiro atoms. The predicted molar refractivity (Wildman–Crippen MR) is 74.9 cm³/mol. The summed E-state index contributed by atoms with van der Waals surface area (Å²) in [5.74, 6) is 0. The third kappa shape index (κ3) is 2.86. The van der Waals surface area contributed by atoms with Crippen molar-refractivity contribution in [1.82, 2.24) is 10.3 Å². The van der Waals surface area contributed by atoms with Crippen molar-refractivity contribution in [2.75, 3.05) is 20.8 Å². The molecular weight excluding hydrogens is 224 g/mol. The average Bonchev–Trinajstić information content (AvgIpc) is 2.38. The van der Waals surface area contributed by atoms with E-state index < -0.39 is 0 Å². The number of rotatable bonds is 5. The standard InChI is InChI=1S/C15H20N2O/c1-11-8-12(9-13(16-2)10-18-3)14-6-4-5-7-15(14)17-11/h4-8,13,16H,9-10H2,1-3H3. The zero-order chi connectivity index (χ0) is 13.0. The van der Waals surface area contributed by atoms with Gasteiger partial charge in [-0.1, -0.05) is 18.2 Å². The summed E-state index contributed by atoms with van der Waals surface area (Å²) in [4.78, 5) is 4.56. The first-order valence-corrected chi connectivity index (χ1v) is 6.26. The molecule has 0 aliphatic heterocycles. The van der Waals surface area contributed by atoms with Crippen LogP contribution in [-0.4, -0.2) is 31.8 Å². The summed E-state index contributed by atoms with van der Waals surface area (Å²) in [5, 5.41) is 4.53. The van der Waals surface area contributed by atoms with Gasteiger partial charge >= 0.3 is 0 Å². The lowest BCUT2D eigenvalue weighted by atomic mass is 10.0. The Bertz CT molecular complexity index is 525. The summed E-state index contributed by atoms with van der Waals surface area (Å²) in [6.07, 6.45) is 0.953. The van der Waals surface area contributed by atoms with E-state index in [1.807, 2.05) is 20.0 Å². The molecule has 1 unspecified atom stereocenters. The van der Waals surface area contributed by atoms with Crippen LogP contribution in [0.15, 0.2) is 30.3 Å². The molecule has 0 aliphatic carbocycles. The van der Waals surface area contributed by atoms with E-state index >= 15 is 0 Å². The van der Waals surface area contributed by atoms with E-state index in [0.717, 1.165) is 17.6 Å². The van der Waals surface area contributed by atoms with Gasteiger partial charge in [0, 0.05) is 24.2 Å². The van der Waals surface area contributed by atoms with Gasteiger partial charge in [0.2, 0.25) is 0 Å². The molecule has 2 aromatic rings. The number of para-hydroxylation sites is 1. The smallest absolute Gasteiger partial charge is 0.0707 e. The molecule has 3 nitrogen and oxygen atoms in total. The fourth-order valence-corrected chi connectivity index (χ4v) is 2.27. The van der Waals surface area contributed by atoms with Crippen LogP contribution in [0.3, 0.4) is 0 Å². The molecule has 0 amide bonds. The van der Waals surface area contributed by atoms with Gasteiger partial charge in [0.1, 0.15) is 0 Å². The first-order valence-electron chi connectivity index (χ1n) is 6.26. The highest BCUT2D eigenvalue weighted by Gasteiger charge is 2.10. The number of likely N-dealkylation sites (N-methyl/N-ethyl adjacent to an activating group) is 1. The van der Waals surface area contributed by atoms with Crippen molar-refractivity contribution in [1.29, 1.82) is 0 Å². The molecule has 1 atom stereocenters. The van der Waals surface area contributed by atoms with Crippen molar-refractivity contribution in [3.8, 4) is 0 Å². The maximum Gasteiger partial charge on any atom is 0.0707 e. The first-order chi connectivity index (χ1) is 8.74. The van der Waals surface area contributed by atoms with E-state index in [9.17, 15) is 0 Å².